The smallest absolute Gasteiger partial charge is 0.123 e. The zero-order valence-corrected chi connectivity index (χ0v) is 19.5. The van der Waals surface area contributed by atoms with E-state index in [0.717, 1.165) is 34.5 Å². The van der Waals surface area contributed by atoms with Gasteiger partial charge in [-0.15, -0.1) is 0 Å². The van der Waals surface area contributed by atoms with E-state index < -0.39 is 0 Å². The number of halogens is 1. The second kappa shape index (κ2) is 10.9. The molecule has 1 aromatic heterocycles. The Morgan fingerprint density at radius 2 is 1.85 bits per heavy atom. The highest BCUT2D eigenvalue weighted by Gasteiger charge is 2.17. The summed E-state index contributed by atoms with van der Waals surface area (Å²) in [6.07, 6.45) is 8.72. The van der Waals surface area contributed by atoms with E-state index in [9.17, 15) is 9.50 Å². The van der Waals surface area contributed by atoms with Gasteiger partial charge in [-0.25, -0.2) is 4.39 Å². The average Bonchev–Trinajstić information content (AvgIpc) is 3.20. The third-order valence-electron chi connectivity index (χ3n) is 6.10. The lowest BCUT2D eigenvalue weighted by atomic mass is 9.89. The highest BCUT2D eigenvalue weighted by molar-refractivity contribution is 6.03. The number of H-pyrrole nitrogens is 1. The minimum Gasteiger partial charge on any atom is -0.512 e. The van der Waals surface area contributed by atoms with Crippen LogP contribution in [0.15, 0.2) is 85.9 Å². The number of benzene rings is 2. The molecule has 33 heavy (non-hydrogen) atoms. The van der Waals surface area contributed by atoms with Crippen molar-refractivity contribution in [2.24, 2.45) is 0 Å². The van der Waals surface area contributed by atoms with E-state index in [2.05, 4.69) is 55.2 Å². The molecule has 1 heterocycles. The molecule has 0 atom stereocenters. The maximum absolute atomic E-state index is 13.2. The third-order valence-corrected chi connectivity index (χ3v) is 6.10. The fourth-order valence-corrected chi connectivity index (χ4v) is 3.93. The first-order chi connectivity index (χ1) is 15.8. The van der Waals surface area contributed by atoms with Crippen LogP contribution in [0.4, 0.5) is 4.39 Å². The van der Waals surface area contributed by atoms with Crippen molar-refractivity contribution in [2.45, 2.75) is 45.6 Å². The van der Waals surface area contributed by atoms with Crippen LogP contribution in [0.1, 0.15) is 49.8 Å². The fraction of sp³-hybridized carbons (Fsp3) is 0.241. The Bertz CT molecular complexity index is 1180. The number of rotatable bonds is 7. The Kier molecular flexibility index (Phi) is 7.94. The Hall–Kier alpha value is -3.53. The number of fused-ring (bicyclic) bond motifs is 1. The second-order valence-corrected chi connectivity index (χ2v) is 8.36. The van der Waals surface area contributed by atoms with Crippen molar-refractivity contribution in [1.29, 1.82) is 0 Å². The van der Waals surface area contributed by atoms with E-state index in [-0.39, 0.29) is 11.6 Å². The number of aliphatic hydroxyl groups excluding tert-OH is 1. The molecular formula is C29H33FN2O. The number of allylic oxidation sites excluding steroid dienone is 4. The van der Waals surface area contributed by atoms with Crippen LogP contribution in [0.25, 0.3) is 22.0 Å². The molecule has 0 bridgehead atoms. The van der Waals surface area contributed by atoms with Crippen LogP contribution >= 0.6 is 0 Å². The van der Waals surface area contributed by atoms with Gasteiger partial charge < -0.3 is 15.4 Å². The molecule has 3 aromatic rings. The van der Waals surface area contributed by atoms with E-state index in [0.29, 0.717) is 16.7 Å². The molecule has 4 rings (SSSR count). The van der Waals surface area contributed by atoms with Gasteiger partial charge in [0, 0.05) is 34.3 Å². The van der Waals surface area contributed by atoms with Crippen molar-refractivity contribution in [3.05, 3.63) is 108 Å². The summed E-state index contributed by atoms with van der Waals surface area (Å²) in [6, 6.07) is 13.1. The summed E-state index contributed by atoms with van der Waals surface area (Å²) < 4.78 is 13.2. The van der Waals surface area contributed by atoms with Crippen LogP contribution in [-0.2, 0) is 6.42 Å². The van der Waals surface area contributed by atoms with Crippen molar-refractivity contribution in [2.75, 3.05) is 0 Å². The summed E-state index contributed by atoms with van der Waals surface area (Å²) in [5, 5.41) is 14.5. The Balaban J connectivity index is 0.000000374. The van der Waals surface area contributed by atoms with Crippen LogP contribution < -0.4 is 5.32 Å². The van der Waals surface area contributed by atoms with Crippen molar-refractivity contribution < 1.29 is 9.50 Å². The van der Waals surface area contributed by atoms with Gasteiger partial charge in [0.15, 0.2) is 0 Å². The lowest BCUT2D eigenvalue weighted by Crippen LogP contribution is -2.30. The maximum atomic E-state index is 13.2. The molecule has 4 heteroatoms. The van der Waals surface area contributed by atoms with Gasteiger partial charge in [-0.2, -0.15) is 0 Å². The lowest BCUT2D eigenvalue weighted by Gasteiger charge is -2.24. The highest BCUT2D eigenvalue weighted by Crippen LogP contribution is 2.37. The minimum absolute atomic E-state index is 0.129. The van der Waals surface area contributed by atoms with E-state index in [1.54, 1.807) is 25.3 Å². The van der Waals surface area contributed by atoms with Crippen LogP contribution in [0.5, 0.6) is 0 Å². The van der Waals surface area contributed by atoms with Crippen molar-refractivity contribution in [3.8, 4) is 0 Å². The maximum Gasteiger partial charge on any atom is 0.123 e. The molecule has 1 aliphatic carbocycles. The number of hydrogen-bond acceptors (Lipinski definition) is 2. The number of aryl methyl sites for hydroxylation is 1. The number of hydrogen-bond donors (Lipinski definition) is 3. The molecule has 0 radical (unpaired) electrons. The first kappa shape index (κ1) is 24.1. The molecule has 1 fully saturated rings. The lowest BCUT2D eigenvalue weighted by molar-refractivity contribution is 0.373. The zero-order chi connectivity index (χ0) is 24.0. The topological polar surface area (TPSA) is 48.0 Å². The largest absolute Gasteiger partial charge is 0.512 e. The van der Waals surface area contributed by atoms with Gasteiger partial charge in [-0.1, -0.05) is 50.9 Å². The molecule has 2 aromatic carbocycles. The summed E-state index contributed by atoms with van der Waals surface area (Å²) >= 11 is 0. The van der Waals surface area contributed by atoms with E-state index in [1.165, 1.54) is 37.0 Å². The molecule has 1 aliphatic rings. The molecule has 0 aliphatic heterocycles. The predicted octanol–water partition coefficient (Wildman–Crippen LogP) is 7.70. The van der Waals surface area contributed by atoms with Crippen molar-refractivity contribution in [3.63, 3.8) is 0 Å². The Morgan fingerprint density at radius 1 is 1.15 bits per heavy atom. The zero-order valence-electron chi connectivity index (χ0n) is 19.5. The summed E-state index contributed by atoms with van der Waals surface area (Å²) in [6.45, 7) is 15.6. The molecule has 0 saturated heterocycles. The van der Waals surface area contributed by atoms with Crippen LogP contribution in [0.3, 0.4) is 0 Å². The van der Waals surface area contributed by atoms with Crippen molar-refractivity contribution >= 4 is 22.0 Å². The number of aliphatic hydroxyl groups is 1. The first-order valence-corrected chi connectivity index (χ1v) is 11.4. The summed E-state index contributed by atoms with van der Waals surface area (Å²) in [4.78, 5) is 3.28. The quantitative estimate of drug-likeness (QED) is 0.258. The first-order valence-electron chi connectivity index (χ1n) is 11.4. The van der Waals surface area contributed by atoms with Crippen LogP contribution in [-0.4, -0.2) is 16.1 Å². The normalized spacial score (nSPS) is 13.9. The average molecular weight is 445 g/mol. The third kappa shape index (κ3) is 5.64. The predicted molar refractivity (Wildman–Crippen MR) is 138 cm³/mol. The Morgan fingerprint density at radius 3 is 2.36 bits per heavy atom. The number of aromatic amines is 1. The van der Waals surface area contributed by atoms with Gasteiger partial charge in [-0.3, -0.25) is 0 Å². The molecule has 0 unspecified atom stereocenters. The van der Waals surface area contributed by atoms with Gasteiger partial charge in [0.1, 0.15) is 5.82 Å². The van der Waals surface area contributed by atoms with E-state index in [1.807, 2.05) is 6.20 Å². The SMILES string of the molecule is C=C(/C(C(=C)c1c[nH]c2cc(CC)ccc12)=C(/C)O)c1ccc(F)cc1.C=CNC1CCC1. The molecular weight excluding hydrogens is 411 g/mol. The molecule has 0 amide bonds. The van der Waals surface area contributed by atoms with Gasteiger partial charge in [0.25, 0.3) is 0 Å². The molecule has 172 valence electrons. The van der Waals surface area contributed by atoms with Crippen LogP contribution in [0.2, 0.25) is 0 Å². The van der Waals surface area contributed by atoms with Gasteiger partial charge in [0.05, 0.1) is 5.76 Å². The highest BCUT2D eigenvalue weighted by atomic mass is 19.1. The molecule has 1 saturated carbocycles. The van der Waals surface area contributed by atoms with Crippen molar-refractivity contribution in [1.82, 2.24) is 10.3 Å². The second-order valence-electron chi connectivity index (χ2n) is 8.36. The van der Waals surface area contributed by atoms with E-state index in [4.69, 9.17) is 0 Å². The van der Waals surface area contributed by atoms with Gasteiger partial charge >= 0.3 is 0 Å². The number of nitrogens with one attached hydrogen (secondary N) is 2. The van der Waals surface area contributed by atoms with Gasteiger partial charge in [0.2, 0.25) is 0 Å². The van der Waals surface area contributed by atoms with Gasteiger partial charge in [-0.05, 0) is 79.3 Å². The van der Waals surface area contributed by atoms with Crippen LogP contribution in [0, 0.1) is 5.82 Å². The standard InChI is InChI=1S/C23H22FNO.C6H11N/c1-5-17-6-11-20-21(13-25-22(20)12-17)15(3)23(16(4)26)14(2)18-7-9-19(24)10-8-18;1-2-7-6-4-3-5-6/h6-13,25-26H,2-3,5H2,1,4H3;2,6-7H,1,3-5H2/b23-16+;. The summed E-state index contributed by atoms with van der Waals surface area (Å²) in [5.74, 6) is -0.182. The number of aromatic nitrogens is 1. The van der Waals surface area contributed by atoms with E-state index >= 15 is 0 Å². The molecule has 0 spiro atoms. The summed E-state index contributed by atoms with van der Waals surface area (Å²) in [5.41, 5.74) is 5.78. The molecule has 3 N–H and O–H groups in total. The Labute approximate surface area is 196 Å². The fourth-order valence-electron chi connectivity index (χ4n) is 3.93. The minimum atomic E-state index is -0.310. The summed E-state index contributed by atoms with van der Waals surface area (Å²) in [7, 11) is 0. The molecule has 3 nitrogen and oxygen atoms in total. The monoisotopic (exact) mass is 444 g/mol.